The lowest BCUT2D eigenvalue weighted by atomic mass is 9.59. The molecule has 37 heavy (non-hydrogen) atoms. The number of halogens is 1. The maximum atomic E-state index is 13.5. The van der Waals surface area contributed by atoms with Gasteiger partial charge in [-0.05, 0) is 47.2 Å². The molecule has 0 spiro atoms. The molecule has 0 unspecified atom stereocenters. The standard InChI is InChI=1S/C27H24BrNO8/c1-37-19-5-2-4-13(25(19)34)21-12-7-8-14-22(27(36)29(26(14)35)9-3-6-20(31)32)15(12)10-16-23(21)18(30)11-17(28)24(16)33/h2,4-5,7,11,14-15,21-22,34H,3,6,8-10H2,1H3,(H,31,32)/t14-,15+,21+,22-/m0/s1. The fourth-order valence-corrected chi connectivity index (χ4v) is 6.62. The molecule has 4 aliphatic rings. The number of carboxylic acid groups (broad SMARTS) is 1. The summed E-state index contributed by atoms with van der Waals surface area (Å²) >= 11 is 3.18. The van der Waals surface area contributed by atoms with Gasteiger partial charge in [0.05, 0.1) is 23.4 Å². The summed E-state index contributed by atoms with van der Waals surface area (Å²) in [5.41, 5.74) is 1.61. The predicted octanol–water partition coefficient (Wildman–Crippen LogP) is 3.03. The maximum Gasteiger partial charge on any atom is 0.303 e. The van der Waals surface area contributed by atoms with Crippen molar-refractivity contribution in [1.82, 2.24) is 4.90 Å². The number of aromatic hydroxyl groups is 1. The number of phenols is 1. The Morgan fingerprint density at radius 3 is 2.62 bits per heavy atom. The number of nitrogens with zero attached hydrogens (tertiary/aromatic N) is 1. The number of imide groups is 1. The van der Waals surface area contributed by atoms with Gasteiger partial charge in [0.25, 0.3) is 0 Å². The van der Waals surface area contributed by atoms with Gasteiger partial charge in [-0.15, -0.1) is 0 Å². The van der Waals surface area contributed by atoms with Gasteiger partial charge in [-0.1, -0.05) is 23.8 Å². The van der Waals surface area contributed by atoms with Crippen molar-refractivity contribution in [2.24, 2.45) is 17.8 Å². The number of Topliss-reactive ketones (excluding diaryl/α,β-unsaturated/α-hetero) is 1. The van der Waals surface area contributed by atoms with Crippen molar-refractivity contribution in [1.29, 1.82) is 0 Å². The fourth-order valence-electron chi connectivity index (χ4n) is 6.17. The molecule has 10 heteroatoms. The molecule has 2 N–H and O–H groups in total. The molecule has 0 bridgehead atoms. The zero-order valence-electron chi connectivity index (χ0n) is 19.9. The van der Waals surface area contributed by atoms with Gasteiger partial charge in [0, 0.05) is 41.7 Å². The molecule has 1 aromatic rings. The molecule has 192 valence electrons. The van der Waals surface area contributed by atoms with Crippen LogP contribution in [-0.2, 0) is 24.0 Å². The Labute approximate surface area is 220 Å². The van der Waals surface area contributed by atoms with Crippen molar-refractivity contribution < 1.29 is 38.9 Å². The summed E-state index contributed by atoms with van der Waals surface area (Å²) in [4.78, 5) is 65.2. The van der Waals surface area contributed by atoms with Gasteiger partial charge in [-0.25, -0.2) is 0 Å². The van der Waals surface area contributed by atoms with E-state index >= 15 is 0 Å². The molecule has 0 radical (unpaired) electrons. The number of carbonyl (C=O) groups is 5. The SMILES string of the molecule is COc1cccc([C@H]2C3=CC[C@@H]4C(=O)N(CCCC(=O)O)C(=O)[C@@H]4[C@@H]3CC3=C2C(=O)C=C(Br)C3=O)c1O. The Morgan fingerprint density at radius 2 is 1.92 bits per heavy atom. The second-order valence-electron chi connectivity index (χ2n) is 9.62. The number of allylic oxidation sites excluding steroid dienone is 6. The van der Waals surface area contributed by atoms with Crippen molar-refractivity contribution in [2.75, 3.05) is 13.7 Å². The molecule has 3 aliphatic carbocycles. The van der Waals surface area contributed by atoms with Crippen LogP contribution in [0.3, 0.4) is 0 Å². The van der Waals surface area contributed by atoms with E-state index in [9.17, 15) is 29.1 Å². The molecule has 1 fully saturated rings. The van der Waals surface area contributed by atoms with Crippen LogP contribution in [-0.4, -0.2) is 58.1 Å². The molecule has 1 aromatic carbocycles. The third-order valence-electron chi connectivity index (χ3n) is 7.76. The second kappa shape index (κ2) is 9.41. The van der Waals surface area contributed by atoms with Gasteiger partial charge in [-0.3, -0.25) is 28.9 Å². The first-order chi connectivity index (χ1) is 17.6. The monoisotopic (exact) mass is 569 g/mol. The number of carboxylic acids is 1. The minimum Gasteiger partial charge on any atom is -0.504 e. The smallest absolute Gasteiger partial charge is 0.303 e. The van der Waals surface area contributed by atoms with E-state index in [1.807, 2.05) is 6.08 Å². The third-order valence-corrected chi connectivity index (χ3v) is 8.35. The van der Waals surface area contributed by atoms with Crippen LogP contribution >= 0.6 is 15.9 Å². The minimum atomic E-state index is -1.01. The summed E-state index contributed by atoms with van der Waals surface area (Å²) in [6.07, 6.45) is 3.45. The molecule has 0 saturated carbocycles. The molecular weight excluding hydrogens is 546 g/mol. The van der Waals surface area contributed by atoms with E-state index in [0.29, 0.717) is 11.1 Å². The van der Waals surface area contributed by atoms with Crippen molar-refractivity contribution in [3.05, 3.63) is 57.1 Å². The Bertz CT molecular complexity index is 1360. The van der Waals surface area contributed by atoms with Crippen LogP contribution in [0.1, 0.15) is 37.2 Å². The molecular formula is C27H24BrNO8. The van der Waals surface area contributed by atoms with Crippen LogP contribution in [0.4, 0.5) is 0 Å². The highest BCUT2D eigenvalue weighted by Gasteiger charge is 2.56. The van der Waals surface area contributed by atoms with E-state index in [1.165, 1.54) is 13.2 Å². The number of benzene rings is 1. The van der Waals surface area contributed by atoms with Gasteiger partial charge in [-0.2, -0.15) is 0 Å². The molecule has 9 nitrogen and oxygen atoms in total. The van der Waals surface area contributed by atoms with E-state index in [1.54, 1.807) is 18.2 Å². The topological polar surface area (TPSA) is 138 Å². The summed E-state index contributed by atoms with van der Waals surface area (Å²) in [5.74, 6) is -5.12. The lowest BCUT2D eigenvalue weighted by Crippen LogP contribution is -2.39. The molecule has 4 atom stereocenters. The highest BCUT2D eigenvalue weighted by molar-refractivity contribution is 9.12. The van der Waals surface area contributed by atoms with Crippen LogP contribution in [0.15, 0.2) is 51.6 Å². The van der Waals surface area contributed by atoms with Crippen LogP contribution in [0.2, 0.25) is 0 Å². The lowest BCUT2D eigenvalue weighted by Gasteiger charge is -2.42. The number of rotatable bonds is 6. The van der Waals surface area contributed by atoms with E-state index in [-0.39, 0.29) is 76.8 Å². The predicted molar refractivity (Wildman–Crippen MR) is 133 cm³/mol. The first-order valence-electron chi connectivity index (χ1n) is 12.0. The van der Waals surface area contributed by atoms with Gasteiger partial charge >= 0.3 is 5.97 Å². The first-order valence-corrected chi connectivity index (χ1v) is 12.8. The Morgan fingerprint density at radius 1 is 1.16 bits per heavy atom. The second-order valence-corrected chi connectivity index (χ2v) is 10.5. The molecule has 0 aromatic heterocycles. The quantitative estimate of drug-likeness (QED) is 0.303. The van der Waals surface area contributed by atoms with Crippen LogP contribution < -0.4 is 4.74 Å². The zero-order valence-corrected chi connectivity index (χ0v) is 21.5. The molecule has 5 rings (SSSR count). The molecule has 2 amide bonds. The number of fused-ring (bicyclic) bond motifs is 3. The zero-order chi connectivity index (χ0) is 26.6. The van der Waals surface area contributed by atoms with Gasteiger partial charge in [0.2, 0.25) is 11.8 Å². The number of methoxy groups -OCH3 is 1. The number of hydrogen-bond acceptors (Lipinski definition) is 7. The first kappa shape index (κ1) is 25.1. The third kappa shape index (κ3) is 3.94. The van der Waals surface area contributed by atoms with E-state index in [0.717, 1.165) is 4.90 Å². The summed E-state index contributed by atoms with van der Waals surface area (Å²) in [5, 5.41) is 20.0. The van der Waals surface area contributed by atoms with Crippen molar-refractivity contribution in [2.45, 2.75) is 31.6 Å². The largest absolute Gasteiger partial charge is 0.504 e. The van der Waals surface area contributed by atoms with Crippen LogP contribution in [0, 0.1) is 17.8 Å². The summed E-state index contributed by atoms with van der Waals surface area (Å²) < 4.78 is 5.40. The highest BCUT2D eigenvalue weighted by atomic mass is 79.9. The number of hydrogen-bond donors (Lipinski definition) is 2. The van der Waals surface area contributed by atoms with Gasteiger partial charge in [0.1, 0.15) is 0 Å². The van der Waals surface area contributed by atoms with E-state index in [2.05, 4.69) is 15.9 Å². The Kier molecular flexibility index (Phi) is 6.39. The number of amides is 2. The van der Waals surface area contributed by atoms with E-state index in [4.69, 9.17) is 9.84 Å². The molecule has 1 aliphatic heterocycles. The van der Waals surface area contributed by atoms with Gasteiger partial charge < -0.3 is 14.9 Å². The number of likely N-dealkylation sites (tertiary alicyclic amines) is 1. The number of phenolic OH excluding ortho intramolecular Hbond substituents is 1. The summed E-state index contributed by atoms with van der Waals surface area (Å²) in [6, 6.07) is 4.92. The van der Waals surface area contributed by atoms with E-state index < -0.39 is 35.5 Å². The lowest BCUT2D eigenvalue weighted by molar-refractivity contribution is -0.142. The molecule has 1 heterocycles. The fraction of sp³-hybridized carbons (Fsp3) is 0.370. The average Bonchev–Trinajstić information content (AvgIpc) is 3.11. The summed E-state index contributed by atoms with van der Waals surface area (Å²) in [6.45, 7) is 0.0127. The number of aliphatic carboxylic acids is 1. The molecule has 1 saturated heterocycles. The number of para-hydroxylation sites is 1. The highest BCUT2D eigenvalue weighted by Crippen LogP contribution is 2.56. The Balaban J connectivity index is 1.61. The number of carbonyl (C=O) groups excluding carboxylic acids is 4. The van der Waals surface area contributed by atoms with Crippen LogP contribution in [0.25, 0.3) is 0 Å². The van der Waals surface area contributed by atoms with Crippen LogP contribution in [0.5, 0.6) is 11.5 Å². The normalized spacial score (nSPS) is 26.9. The number of ketones is 2. The van der Waals surface area contributed by atoms with Crippen molar-refractivity contribution >= 4 is 45.3 Å². The maximum absolute atomic E-state index is 13.5. The van der Waals surface area contributed by atoms with Crippen molar-refractivity contribution in [3.63, 3.8) is 0 Å². The average molecular weight is 570 g/mol. The minimum absolute atomic E-state index is 0.0127. The number of ether oxygens (including phenoxy) is 1. The van der Waals surface area contributed by atoms with Crippen molar-refractivity contribution in [3.8, 4) is 11.5 Å². The Hall–Kier alpha value is -3.53. The summed E-state index contributed by atoms with van der Waals surface area (Å²) in [7, 11) is 1.41. The van der Waals surface area contributed by atoms with Gasteiger partial charge in [0.15, 0.2) is 23.1 Å².